The summed E-state index contributed by atoms with van der Waals surface area (Å²) in [4.78, 5) is 9.68. The van der Waals surface area contributed by atoms with Gasteiger partial charge in [0.25, 0.3) is 0 Å². The van der Waals surface area contributed by atoms with E-state index >= 15 is 0 Å². The zero-order chi connectivity index (χ0) is 21.1. The minimum absolute atomic E-state index is 0.656. The summed E-state index contributed by atoms with van der Waals surface area (Å²) in [7, 11) is 3.25. The average Bonchev–Trinajstić information content (AvgIpc) is 2.79. The van der Waals surface area contributed by atoms with Crippen LogP contribution in [0.15, 0.2) is 81.7 Å². The van der Waals surface area contributed by atoms with Gasteiger partial charge in [0, 0.05) is 25.6 Å². The quantitative estimate of drug-likeness (QED) is 0.281. The van der Waals surface area contributed by atoms with Crippen molar-refractivity contribution < 1.29 is 9.47 Å². The maximum Gasteiger partial charge on any atom is 0.161 e. The highest BCUT2D eigenvalue weighted by molar-refractivity contribution is 9.10. The Morgan fingerprint density at radius 2 is 1.07 bits per heavy atom. The van der Waals surface area contributed by atoms with E-state index in [0.29, 0.717) is 17.3 Å². The third-order valence-corrected chi connectivity index (χ3v) is 5.71. The first-order valence-electron chi connectivity index (χ1n) is 9.21. The number of benzene rings is 3. The molecule has 0 amide bonds. The number of rotatable bonds is 5. The lowest BCUT2D eigenvalue weighted by atomic mass is 10.1. The van der Waals surface area contributed by atoms with E-state index in [-0.39, 0.29) is 0 Å². The number of hydrogen-bond donors (Lipinski definition) is 0. The molecule has 1 aromatic heterocycles. The minimum atomic E-state index is 0.656. The van der Waals surface area contributed by atoms with Crippen LogP contribution >= 0.6 is 31.9 Å². The van der Waals surface area contributed by atoms with Gasteiger partial charge in [-0.2, -0.15) is 0 Å². The molecule has 0 atom stereocenters. The van der Waals surface area contributed by atoms with Crippen LogP contribution in [0.1, 0.15) is 0 Å². The van der Waals surface area contributed by atoms with Crippen LogP contribution in [0.3, 0.4) is 0 Å². The minimum Gasteiger partial charge on any atom is -0.493 e. The summed E-state index contributed by atoms with van der Waals surface area (Å²) in [5.41, 5.74) is 4.54. The Balaban J connectivity index is 1.89. The van der Waals surface area contributed by atoms with E-state index in [1.807, 2.05) is 72.8 Å². The lowest BCUT2D eigenvalue weighted by Gasteiger charge is -2.12. The Morgan fingerprint density at radius 3 is 1.63 bits per heavy atom. The molecule has 4 rings (SSSR count). The average molecular weight is 526 g/mol. The molecule has 0 radical (unpaired) electrons. The van der Waals surface area contributed by atoms with Crippen molar-refractivity contribution in [2.24, 2.45) is 0 Å². The summed E-state index contributed by atoms with van der Waals surface area (Å²) in [6, 6.07) is 23.8. The summed E-state index contributed by atoms with van der Waals surface area (Å²) >= 11 is 6.98. The van der Waals surface area contributed by atoms with E-state index in [2.05, 4.69) is 31.9 Å². The van der Waals surface area contributed by atoms with Gasteiger partial charge in [0.15, 0.2) is 17.3 Å². The van der Waals surface area contributed by atoms with Crippen LogP contribution in [-0.2, 0) is 0 Å². The first kappa shape index (κ1) is 20.6. The SMILES string of the molecule is COc1ccc(-c2cc(-c3ccc(Br)cc3)nc(-c3ccc(Br)cc3)n2)cc1OC. The fourth-order valence-electron chi connectivity index (χ4n) is 3.09. The Labute approximate surface area is 192 Å². The van der Waals surface area contributed by atoms with Gasteiger partial charge in [-0.1, -0.05) is 56.1 Å². The molecule has 0 unspecified atom stereocenters. The molecule has 30 heavy (non-hydrogen) atoms. The highest BCUT2D eigenvalue weighted by Crippen LogP contribution is 2.34. The van der Waals surface area contributed by atoms with Gasteiger partial charge in [-0.15, -0.1) is 0 Å². The molecule has 6 heteroatoms. The summed E-state index contributed by atoms with van der Waals surface area (Å²) in [6.07, 6.45) is 0. The third-order valence-electron chi connectivity index (χ3n) is 4.65. The van der Waals surface area contributed by atoms with E-state index in [9.17, 15) is 0 Å². The van der Waals surface area contributed by atoms with Crippen LogP contribution in [0.2, 0.25) is 0 Å². The Bertz CT molecular complexity index is 1110. The van der Waals surface area contributed by atoms with Gasteiger partial charge in [-0.05, 0) is 48.5 Å². The van der Waals surface area contributed by atoms with Gasteiger partial charge in [0.1, 0.15) is 0 Å². The molecule has 0 N–H and O–H groups in total. The third kappa shape index (κ3) is 4.40. The van der Waals surface area contributed by atoms with Crippen molar-refractivity contribution in [2.45, 2.75) is 0 Å². The Hall–Kier alpha value is -2.70. The number of hydrogen-bond acceptors (Lipinski definition) is 4. The summed E-state index contributed by atoms with van der Waals surface area (Å²) in [5.74, 6) is 1.99. The van der Waals surface area contributed by atoms with Crippen molar-refractivity contribution in [2.75, 3.05) is 14.2 Å². The summed E-state index contributed by atoms with van der Waals surface area (Å²) in [5, 5.41) is 0. The van der Waals surface area contributed by atoms with Crippen molar-refractivity contribution in [1.82, 2.24) is 9.97 Å². The van der Waals surface area contributed by atoms with E-state index < -0.39 is 0 Å². The van der Waals surface area contributed by atoms with Gasteiger partial charge in [-0.3, -0.25) is 0 Å². The fourth-order valence-corrected chi connectivity index (χ4v) is 3.62. The van der Waals surface area contributed by atoms with Gasteiger partial charge < -0.3 is 9.47 Å². The largest absolute Gasteiger partial charge is 0.493 e. The maximum atomic E-state index is 5.48. The summed E-state index contributed by atoms with van der Waals surface area (Å²) in [6.45, 7) is 0. The van der Waals surface area contributed by atoms with Crippen molar-refractivity contribution in [3.8, 4) is 45.4 Å². The van der Waals surface area contributed by atoms with Crippen molar-refractivity contribution >= 4 is 31.9 Å². The monoisotopic (exact) mass is 524 g/mol. The molecule has 1 heterocycles. The molecule has 0 aliphatic heterocycles. The van der Waals surface area contributed by atoms with E-state index in [4.69, 9.17) is 19.4 Å². The lowest BCUT2D eigenvalue weighted by molar-refractivity contribution is 0.355. The molecule has 150 valence electrons. The van der Waals surface area contributed by atoms with E-state index in [0.717, 1.165) is 37.0 Å². The second kappa shape index (κ2) is 8.98. The predicted molar refractivity (Wildman–Crippen MR) is 127 cm³/mol. The van der Waals surface area contributed by atoms with Gasteiger partial charge >= 0.3 is 0 Å². The molecule has 0 aliphatic carbocycles. The normalized spacial score (nSPS) is 10.7. The van der Waals surface area contributed by atoms with Gasteiger partial charge in [0.2, 0.25) is 0 Å². The highest BCUT2D eigenvalue weighted by atomic mass is 79.9. The van der Waals surface area contributed by atoms with E-state index in [1.165, 1.54) is 0 Å². The predicted octanol–water partition coefficient (Wildman–Crippen LogP) is 7.02. The lowest BCUT2D eigenvalue weighted by Crippen LogP contribution is -1.97. The van der Waals surface area contributed by atoms with Crippen LogP contribution in [0.25, 0.3) is 33.9 Å². The standard InChI is InChI=1S/C24H18Br2N2O2/c1-29-22-12-7-17(13-23(22)30-2)21-14-20(15-3-8-18(25)9-4-15)27-24(28-21)16-5-10-19(26)11-6-16/h3-14H,1-2H3. The molecule has 4 nitrogen and oxygen atoms in total. The van der Waals surface area contributed by atoms with Crippen molar-refractivity contribution in [3.05, 3.63) is 81.7 Å². The topological polar surface area (TPSA) is 44.2 Å². The molecule has 0 spiro atoms. The van der Waals surface area contributed by atoms with Crippen LogP contribution in [0, 0.1) is 0 Å². The Kier molecular flexibility index (Phi) is 6.16. The zero-order valence-electron chi connectivity index (χ0n) is 16.4. The second-order valence-electron chi connectivity index (χ2n) is 6.55. The smallest absolute Gasteiger partial charge is 0.161 e. The first-order valence-corrected chi connectivity index (χ1v) is 10.8. The molecule has 0 aliphatic rings. The molecule has 3 aromatic carbocycles. The summed E-state index contributed by atoms with van der Waals surface area (Å²) < 4.78 is 12.9. The molecule has 0 saturated carbocycles. The number of aromatic nitrogens is 2. The van der Waals surface area contributed by atoms with Crippen LogP contribution in [0.4, 0.5) is 0 Å². The molecular weight excluding hydrogens is 508 g/mol. The van der Waals surface area contributed by atoms with Crippen LogP contribution < -0.4 is 9.47 Å². The van der Waals surface area contributed by atoms with Crippen molar-refractivity contribution in [3.63, 3.8) is 0 Å². The van der Waals surface area contributed by atoms with Gasteiger partial charge in [-0.25, -0.2) is 9.97 Å². The highest BCUT2D eigenvalue weighted by Gasteiger charge is 2.13. The Morgan fingerprint density at radius 1 is 0.567 bits per heavy atom. The molecule has 0 fully saturated rings. The van der Waals surface area contributed by atoms with Crippen LogP contribution in [0.5, 0.6) is 11.5 Å². The number of halogens is 2. The molecule has 4 aromatic rings. The molecule has 0 saturated heterocycles. The van der Waals surface area contributed by atoms with E-state index in [1.54, 1.807) is 14.2 Å². The number of nitrogens with zero attached hydrogens (tertiary/aromatic N) is 2. The zero-order valence-corrected chi connectivity index (χ0v) is 19.6. The number of ether oxygens (including phenoxy) is 2. The fraction of sp³-hybridized carbons (Fsp3) is 0.0833. The molecule has 0 bridgehead atoms. The van der Waals surface area contributed by atoms with Crippen molar-refractivity contribution in [1.29, 1.82) is 0 Å². The van der Waals surface area contributed by atoms with Gasteiger partial charge in [0.05, 0.1) is 25.6 Å². The maximum absolute atomic E-state index is 5.48. The van der Waals surface area contributed by atoms with Crippen LogP contribution in [-0.4, -0.2) is 24.2 Å². The first-order chi connectivity index (χ1) is 14.6. The molecular formula is C24H18Br2N2O2. The number of methoxy groups -OCH3 is 2. The second-order valence-corrected chi connectivity index (χ2v) is 8.38.